The van der Waals surface area contributed by atoms with E-state index in [0.29, 0.717) is 5.69 Å². The van der Waals surface area contributed by atoms with Crippen molar-refractivity contribution in [1.82, 2.24) is 14.5 Å². The van der Waals surface area contributed by atoms with Crippen LogP contribution in [-0.2, 0) is 6.54 Å². The van der Waals surface area contributed by atoms with Gasteiger partial charge in [-0.05, 0) is 25.9 Å². The second-order valence-corrected chi connectivity index (χ2v) is 3.91. The number of imidazole rings is 1. The molecule has 0 saturated carbocycles. The minimum Gasteiger partial charge on any atom is -0.320 e. The van der Waals surface area contributed by atoms with Gasteiger partial charge in [0.25, 0.3) is 0 Å². The summed E-state index contributed by atoms with van der Waals surface area (Å²) in [4.78, 5) is 6.28. The van der Waals surface area contributed by atoms with Crippen molar-refractivity contribution in [2.24, 2.45) is 0 Å². The van der Waals surface area contributed by atoms with Crippen LogP contribution in [0.5, 0.6) is 0 Å². The van der Waals surface area contributed by atoms with E-state index in [-0.39, 0.29) is 5.69 Å². The molecule has 0 bridgehead atoms. The van der Waals surface area contributed by atoms with Crippen molar-refractivity contribution in [3.8, 4) is 12.1 Å². The fourth-order valence-electron chi connectivity index (χ4n) is 2.01. The fourth-order valence-corrected chi connectivity index (χ4v) is 2.01. The van der Waals surface area contributed by atoms with Crippen molar-refractivity contribution in [3.05, 3.63) is 17.7 Å². The van der Waals surface area contributed by atoms with Gasteiger partial charge in [0, 0.05) is 13.1 Å². The maximum absolute atomic E-state index is 8.94. The molecule has 1 fully saturated rings. The quantitative estimate of drug-likeness (QED) is 0.745. The number of hydrogen-bond donors (Lipinski definition) is 0. The second kappa shape index (κ2) is 4.78. The highest BCUT2D eigenvalue weighted by Gasteiger charge is 2.13. The molecule has 0 spiro atoms. The predicted molar refractivity (Wildman–Crippen MR) is 57.3 cm³/mol. The standard InChI is InChI=1S/C11H13N5/c12-7-10-11(8-13)16(9-14-10)6-5-15-3-1-2-4-15/h9H,1-6H2. The number of nitrogens with zero attached hydrogens (tertiary/aromatic N) is 5. The highest BCUT2D eigenvalue weighted by molar-refractivity contribution is 5.35. The second-order valence-electron chi connectivity index (χ2n) is 3.91. The molecule has 1 aliphatic heterocycles. The Bertz CT molecular complexity index is 442. The first kappa shape index (κ1) is 10.7. The molecule has 5 nitrogen and oxygen atoms in total. The molecule has 2 heterocycles. The molecule has 0 radical (unpaired) electrons. The highest BCUT2D eigenvalue weighted by atomic mass is 15.2. The molecule has 0 N–H and O–H groups in total. The normalized spacial score (nSPS) is 15.9. The fraction of sp³-hybridized carbons (Fsp3) is 0.545. The number of aromatic nitrogens is 2. The Morgan fingerprint density at radius 3 is 2.56 bits per heavy atom. The van der Waals surface area contributed by atoms with Crippen LogP contribution in [0.3, 0.4) is 0 Å². The van der Waals surface area contributed by atoms with E-state index in [0.717, 1.165) is 26.2 Å². The summed E-state index contributed by atoms with van der Waals surface area (Å²) in [6.45, 7) is 3.94. The molecule has 0 aromatic carbocycles. The van der Waals surface area contributed by atoms with Crippen molar-refractivity contribution < 1.29 is 0 Å². The van der Waals surface area contributed by atoms with Gasteiger partial charge in [0.2, 0.25) is 0 Å². The van der Waals surface area contributed by atoms with Crippen molar-refractivity contribution in [2.75, 3.05) is 19.6 Å². The molecule has 0 atom stereocenters. The molecule has 0 unspecified atom stereocenters. The summed E-state index contributed by atoms with van der Waals surface area (Å²) in [6.07, 6.45) is 4.10. The van der Waals surface area contributed by atoms with Crippen LogP contribution >= 0.6 is 0 Å². The Balaban J connectivity index is 2.02. The third-order valence-corrected chi connectivity index (χ3v) is 2.91. The topological polar surface area (TPSA) is 68.6 Å². The van der Waals surface area contributed by atoms with Crippen LogP contribution < -0.4 is 0 Å². The van der Waals surface area contributed by atoms with Crippen molar-refractivity contribution >= 4 is 0 Å². The summed E-state index contributed by atoms with van der Waals surface area (Å²) >= 11 is 0. The predicted octanol–water partition coefficient (Wildman–Crippen LogP) is 0.722. The van der Waals surface area contributed by atoms with Gasteiger partial charge < -0.3 is 9.47 Å². The van der Waals surface area contributed by atoms with Crippen molar-refractivity contribution in [3.63, 3.8) is 0 Å². The number of rotatable bonds is 3. The van der Waals surface area contributed by atoms with Gasteiger partial charge in [0.1, 0.15) is 12.1 Å². The van der Waals surface area contributed by atoms with Gasteiger partial charge in [-0.2, -0.15) is 10.5 Å². The lowest BCUT2D eigenvalue weighted by molar-refractivity contribution is 0.322. The molecular formula is C11H13N5. The lowest BCUT2D eigenvalue weighted by Crippen LogP contribution is -2.24. The Morgan fingerprint density at radius 1 is 1.19 bits per heavy atom. The maximum atomic E-state index is 8.94. The van der Waals surface area contributed by atoms with E-state index in [1.165, 1.54) is 12.8 Å². The largest absolute Gasteiger partial charge is 0.320 e. The van der Waals surface area contributed by atoms with Crippen LogP contribution in [0.4, 0.5) is 0 Å². The van der Waals surface area contributed by atoms with E-state index in [1.54, 1.807) is 10.9 Å². The van der Waals surface area contributed by atoms with E-state index < -0.39 is 0 Å². The maximum Gasteiger partial charge on any atom is 0.176 e. The highest BCUT2D eigenvalue weighted by Crippen LogP contribution is 2.09. The van der Waals surface area contributed by atoms with Crippen molar-refractivity contribution in [2.45, 2.75) is 19.4 Å². The molecule has 16 heavy (non-hydrogen) atoms. The smallest absolute Gasteiger partial charge is 0.176 e. The first-order valence-electron chi connectivity index (χ1n) is 5.43. The van der Waals surface area contributed by atoms with E-state index in [2.05, 4.69) is 9.88 Å². The zero-order valence-electron chi connectivity index (χ0n) is 9.06. The molecule has 1 saturated heterocycles. The Kier molecular flexibility index (Phi) is 3.19. The van der Waals surface area contributed by atoms with Crippen LogP contribution in [0.25, 0.3) is 0 Å². The van der Waals surface area contributed by atoms with Crippen LogP contribution in [0.15, 0.2) is 6.33 Å². The van der Waals surface area contributed by atoms with Crippen LogP contribution in [-0.4, -0.2) is 34.1 Å². The summed E-state index contributed by atoms with van der Waals surface area (Å²) in [7, 11) is 0. The average Bonchev–Trinajstić information content (AvgIpc) is 2.94. The van der Waals surface area contributed by atoms with E-state index >= 15 is 0 Å². The molecule has 2 rings (SSSR count). The first-order valence-corrected chi connectivity index (χ1v) is 5.43. The van der Waals surface area contributed by atoms with E-state index in [1.807, 2.05) is 12.1 Å². The SMILES string of the molecule is N#Cc1ncn(CCN2CCCC2)c1C#N. The third-order valence-electron chi connectivity index (χ3n) is 2.91. The summed E-state index contributed by atoms with van der Waals surface area (Å²) in [6, 6.07) is 3.96. The number of nitriles is 2. The van der Waals surface area contributed by atoms with E-state index in [4.69, 9.17) is 10.5 Å². The average molecular weight is 215 g/mol. The first-order chi connectivity index (χ1) is 7.85. The Hall–Kier alpha value is -1.85. The lowest BCUT2D eigenvalue weighted by Gasteiger charge is -2.14. The van der Waals surface area contributed by atoms with Gasteiger partial charge in [0.05, 0.1) is 6.33 Å². The van der Waals surface area contributed by atoms with Crippen molar-refractivity contribution in [1.29, 1.82) is 10.5 Å². The van der Waals surface area contributed by atoms with Crippen LogP contribution in [0.2, 0.25) is 0 Å². The Labute approximate surface area is 94.5 Å². The monoisotopic (exact) mass is 215 g/mol. The molecule has 1 aromatic rings. The molecule has 82 valence electrons. The summed E-state index contributed by atoms with van der Waals surface area (Å²) in [5, 5.41) is 17.7. The van der Waals surface area contributed by atoms with Gasteiger partial charge in [-0.15, -0.1) is 0 Å². The molecule has 1 aliphatic rings. The van der Waals surface area contributed by atoms with Gasteiger partial charge in [0.15, 0.2) is 11.4 Å². The van der Waals surface area contributed by atoms with Gasteiger partial charge in [-0.3, -0.25) is 0 Å². The van der Waals surface area contributed by atoms with Gasteiger partial charge >= 0.3 is 0 Å². The summed E-state index contributed by atoms with van der Waals surface area (Å²) in [5.74, 6) is 0. The Morgan fingerprint density at radius 2 is 1.94 bits per heavy atom. The van der Waals surface area contributed by atoms with Crippen LogP contribution in [0, 0.1) is 22.7 Å². The van der Waals surface area contributed by atoms with Crippen LogP contribution in [0.1, 0.15) is 24.2 Å². The molecule has 0 aliphatic carbocycles. The zero-order valence-corrected chi connectivity index (χ0v) is 9.06. The minimum atomic E-state index is 0.226. The number of likely N-dealkylation sites (tertiary alicyclic amines) is 1. The van der Waals surface area contributed by atoms with E-state index in [9.17, 15) is 0 Å². The third kappa shape index (κ3) is 2.05. The summed E-state index contributed by atoms with van der Waals surface area (Å²) < 4.78 is 1.76. The van der Waals surface area contributed by atoms with Gasteiger partial charge in [-0.25, -0.2) is 4.98 Å². The molecule has 1 aromatic heterocycles. The zero-order chi connectivity index (χ0) is 11.4. The molecular weight excluding hydrogens is 202 g/mol. The minimum absolute atomic E-state index is 0.226. The van der Waals surface area contributed by atoms with Gasteiger partial charge in [-0.1, -0.05) is 0 Å². The summed E-state index contributed by atoms with van der Waals surface area (Å²) in [5.41, 5.74) is 0.602. The lowest BCUT2D eigenvalue weighted by atomic mass is 10.3. The number of hydrogen-bond acceptors (Lipinski definition) is 4. The molecule has 0 amide bonds. The molecule has 5 heteroatoms.